The molecule has 5 aliphatic rings. The minimum absolute atomic E-state index is 0.102. The molecule has 43 heavy (non-hydrogen) atoms. The summed E-state index contributed by atoms with van der Waals surface area (Å²) in [5, 5.41) is 12.8. The summed E-state index contributed by atoms with van der Waals surface area (Å²) in [4.78, 5) is 16.1. The van der Waals surface area contributed by atoms with Gasteiger partial charge in [0, 0.05) is 37.0 Å². The van der Waals surface area contributed by atoms with E-state index < -0.39 is 23.2 Å². The monoisotopic (exact) mass is 596 g/mol. The minimum Gasteiger partial charge on any atom is -0.411 e. The molecule has 0 amide bonds. The molecule has 230 valence electrons. The standard InChI is InChI=1S/C35H40F4N2O2/c1-3-31(42)34(15-16-35(37,38)39)14-13-29-27-20-30(36)26-19-23(40-43)9-12-25(26)32(27)28(21-33(29,34)2)22-7-10-24(11-8-22)41-17-5-4-6-18-41/h7-8,10-11,19,27-30,43H,3-6,9,12-14,17-18,20-21H2,1-2H3/t27-,28+,29-,30?,33-,34-/m0/s1. The van der Waals surface area contributed by atoms with Crippen LogP contribution in [0.1, 0.15) is 89.5 Å². The highest BCUT2D eigenvalue weighted by Crippen LogP contribution is 2.70. The molecule has 1 aliphatic heterocycles. The molecule has 6 rings (SSSR count). The third-order valence-electron chi connectivity index (χ3n) is 11.3. The Hall–Kier alpha value is -3.08. The normalized spacial score (nSPS) is 35.0. The van der Waals surface area contributed by atoms with E-state index in [9.17, 15) is 23.2 Å². The van der Waals surface area contributed by atoms with Crippen molar-refractivity contribution in [2.75, 3.05) is 18.0 Å². The molecule has 4 nitrogen and oxygen atoms in total. The van der Waals surface area contributed by atoms with Gasteiger partial charge in [-0.3, -0.25) is 4.79 Å². The van der Waals surface area contributed by atoms with Crippen molar-refractivity contribution in [3.8, 4) is 11.8 Å². The van der Waals surface area contributed by atoms with E-state index in [0.717, 1.165) is 48.3 Å². The average Bonchev–Trinajstić information content (AvgIpc) is 3.32. The molecule has 6 atom stereocenters. The highest BCUT2D eigenvalue weighted by molar-refractivity contribution is 5.97. The maximum atomic E-state index is 16.0. The molecule has 1 saturated heterocycles. The van der Waals surface area contributed by atoms with Gasteiger partial charge in [-0.25, -0.2) is 4.39 Å². The summed E-state index contributed by atoms with van der Waals surface area (Å²) in [6.07, 6.45) is 1.86. The Morgan fingerprint density at radius 1 is 1.14 bits per heavy atom. The first-order chi connectivity index (χ1) is 20.5. The number of hydrogen-bond donors (Lipinski definition) is 1. The van der Waals surface area contributed by atoms with Crippen LogP contribution >= 0.6 is 0 Å². The van der Waals surface area contributed by atoms with Gasteiger partial charge in [-0.05, 0) is 110 Å². The van der Waals surface area contributed by atoms with Crippen LogP contribution in [0.5, 0.6) is 0 Å². The van der Waals surface area contributed by atoms with Gasteiger partial charge in [0.25, 0.3) is 0 Å². The van der Waals surface area contributed by atoms with E-state index in [1.54, 1.807) is 13.0 Å². The summed E-state index contributed by atoms with van der Waals surface area (Å²) < 4.78 is 56.5. The predicted octanol–water partition coefficient (Wildman–Crippen LogP) is 8.32. The van der Waals surface area contributed by atoms with Crippen molar-refractivity contribution in [1.82, 2.24) is 0 Å². The topological polar surface area (TPSA) is 52.9 Å². The molecular weight excluding hydrogens is 556 g/mol. The molecule has 1 aromatic carbocycles. The highest BCUT2D eigenvalue weighted by Gasteiger charge is 2.65. The molecule has 8 heteroatoms. The van der Waals surface area contributed by atoms with Gasteiger partial charge in [0.1, 0.15) is 6.17 Å². The van der Waals surface area contributed by atoms with E-state index in [2.05, 4.69) is 40.2 Å². The summed E-state index contributed by atoms with van der Waals surface area (Å²) >= 11 is 0. The van der Waals surface area contributed by atoms with Gasteiger partial charge in [-0.15, -0.1) is 0 Å². The lowest BCUT2D eigenvalue weighted by atomic mass is 9.48. The quantitative estimate of drug-likeness (QED) is 0.165. The van der Waals surface area contributed by atoms with Crippen molar-refractivity contribution in [2.24, 2.45) is 27.8 Å². The van der Waals surface area contributed by atoms with E-state index >= 15 is 4.39 Å². The smallest absolute Gasteiger partial charge is 0.411 e. The van der Waals surface area contributed by atoms with Gasteiger partial charge in [0.2, 0.25) is 0 Å². The Morgan fingerprint density at radius 3 is 2.51 bits per heavy atom. The number of piperidine rings is 1. The van der Waals surface area contributed by atoms with Crippen LogP contribution < -0.4 is 4.90 Å². The lowest BCUT2D eigenvalue weighted by Crippen LogP contribution is -2.51. The summed E-state index contributed by atoms with van der Waals surface area (Å²) in [7, 11) is 0. The lowest BCUT2D eigenvalue weighted by Gasteiger charge is -2.55. The second-order valence-corrected chi connectivity index (χ2v) is 13.3. The Balaban J connectivity index is 1.51. The Kier molecular flexibility index (Phi) is 7.75. The SMILES string of the molecule is CCC(=O)[C@@]1(C#CC(F)(F)F)CC[C@H]2[C@@H]3CC(F)C4=CC(=NO)CCC4=C3[C@@H](c3ccc(N4CCCCC4)cc3)C[C@@]21C. The molecule has 0 aromatic heterocycles. The zero-order valence-corrected chi connectivity index (χ0v) is 24.9. The second kappa shape index (κ2) is 11.1. The second-order valence-electron chi connectivity index (χ2n) is 13.3. The molecule has 1 N–H and O–H groups in total. The number of Topliss-reactive ketones (excluding diaryl/α,β-unsaturated/α-hetero) is 1. The number of anilines is 1. The van der Waals surface area contributed by atoms with Gasteiger partial charge < -0.3 is 10.1 Å². The zero-order chi connectivity index (χ0) is 30.6. The molecule has 4 aliphatic carbocycles. The van der Waals surface area contributed by atoms with Crippen LogP contribution in [0.2, 0.25) is 0 Å². The van der Waals surface area contributed by atoms with Crippen LogP contribution in [0.4, 0.5) is 23.2 Å². The Morgan fingerprint density at radius 2 is 1.86 bits per heavy atom. The van der Waals surface area contributed by atoms with Gasteiger partial charge in [0.15, 0.2) is 5.78 Å². The van der Waals surface area contributed by atoms with Gasteiger partial charge in [-0.1, -0.05) is 42.6 Å². The molecule has 1 heterocycles. The summed E-state index contributed by atoms with van der Waals surface area (Å²) in [5.74, 6) is 3.23. The number of hydrogen-bond acceptors (Lipinski definition) is 4. The van der Waals surface area contributed by atoms with E-state index in [4.69, 9.17) is 0 Å². The van der Waals surface area contributed by atoms with Crippen LogP contribution in [-0.2, 0) is 4.79 Å². The predicted molar refractivity (Wildman–Crippen MR) is 159 cm³/mol. The van der Waals surface area contributed by atoms with Crippen molar-refractivity contribution < 1.29 is 27.6 Å². The van der Waals surface area contributed by atoms with Crippen LogP contribution in [0.15, 0.2) is 52.2 Å². The largest absolute Gasteiger partial charge is 0.457 e. The molecule has 2 saturated carbocycles. The molecular formula is C35H40F4N2O2. The number of carbonyl (C=O) groups excluding carboxylic acids is 1. The third kappa shape index (κ3) is 5.01. The van der Waals surface area contributed by atoms with Crippen molar-refractivity contribution in [3.63, 3.8) is 0 Å². The summed E-state index contributed by atoms with van der Waals surface area (Å²) in [5.41, 5.74) is 3.05. The molecule has 1 unspecified atom stereocenters. The number of alkyl halides is 4. The summed E-state index contributed by atoms with van der Waals surface area (Å²) in [6.45, 7) is 5.68. The number of oxime groups is 1. The maximum Gasteiger partial charge on any atom is 0.457 e. The first-order valence-electron chi connectivity index (χ1n) is 15.8. The fourth-order valence-corrected chi connectivity index (χ4v) is 9.33. The van der Waals surface area contributed by atoms with E-state index in [1.165, 1.54) is 12.3 Å². The first kappa shape index (κ1) is 30.0. The van der Waals surface area contributed by atoms with E-state index in [0.29, 0.717) is 37.0 Å². The van der Waals surface area contributed by atoms with Crippen LogP contribution in [0.3, 0.4) is 0 Å². The zero-order valence-electron chi connectivity index (χ0n) is 24.9. The number of rotatable bonds is 4. The molecule has 0 spiro atoms. The molecule has 0 radical (unpaired) electrons. The van der Waals surface area contributed by atoms with E-state index in [-0.39, 0.29) is 42.8 Å². The minimum atomic E-state index is -4.70. The Labute approximate surface area is 251 Å². The van der Waals surface area contributed by atoms with Crippen LogP contribution in [0.25, 0.3) is 0 Å². The average molecular weight is 597 g/mol. The van der Waals surface area contributed by atoms with Crippen LogP contribution in [-0.4, -0.2) is 42.1 Å². The van der Waals surface area contributed by atoms with E-state index in [1.807, 2.05) is 6.92 Å². The summed E-state index contributed by atoms with van der Waals surface area (Å²) in [6, 6.07) is 8.51. The molecule has 1 aromatic rings. The van der Waals surface area contributed by atoms with Gasteiger partial charge in [0.05, 0.1) is 11.1 Å². The number of allylic oxidation sites excluding steroid dienone is 4. The first-order valence-corrected chi connectivity index (χ1v) is 15.8. The number of fused-ring (bicyclic) bond motifs is 4. The number of benzene rings is 1. The van der Waals surface area contributed by atoms with Gasteiger partial charge >= 0.3 is 6.18 Å². The van der Waals surface area contributed by atoms with Crippen molar-refractivity contribution in [2.45, 2.75) is 96.3 Å². The van der Waals surface area contributed by atoms with Crippen molar-refractivity contribution in [1.29, 1.82) is 0 Å². The third-order valence-corrected chi connectivity index (χ3v) is 11.3. The number of halogens is 4. The maximum absolute atomic E-state index is 16.0. The number of ketones is 1. The Bertz CT molecular complexity index is 1430. The highest BCUT2D eigenvalue weighted by atomic mass is 19.4. The van der Waals surface area contributed by atoms with Crippen LogP contribution in [0, 0.1) is 34.5 Å². The number of nitrogens with zero attached hydrogens (tertiary/aromatic N) is 2. The van der Waals surface area contributed by atoms with Gasteiger partial charge in [-0.2, -0.15) is 13.2 Å². The lowest BCUT2D eigenvalue weighted by molar-refractivity contribution is -0.132. The fourth-order valence-electron chi connectivity index (χ4n) is 9.33. The van der Waals surface area contributed by atoms with Crippen molar-refractivity contribution >= 4 is 17.2 Å². The number of carbonyl (C=O) groups is 1. The van der Waals surface area contributed by atoms with Crippen molar-refractivity contribution in [3.05, 3.63) is 52.6 Å². The molecule has 3 fully saturated rings. The fraction of sp³-hybridized carbons (Fsp3) is 0.600. The molecule has 0 bridgehead atoms.